The number of rotatable bonds is 39. The van der Waals surface area contributed by atoms with Crippen molar-refractivity contribution in [3.63, 3.8) is 0 Å². The molecule has 0 aromatic carbocycles. The van der Waals surface area contributed by atoms with Crippen molar-refractivity contribution in [1.29, 1.82) is 0 Å². The first kappa shape index (κ1) is 51.0. The van der Waals surface area contributed by atoms with E-state index in [0.29, 0.717) is 6.42 Å². The van der Waals surface area contributed by atoms with Gasteiger partial charge in [0.25, 0.3) is 0 Å². The fraction of sp³-hybridized carbons (Fsp3) is 0.773. The van der Waals surface area contributed by atoms with Crippen LogP contribution in [0.2, 0.25) is 0 Å². The standard InChI is InChI=1S/C44H79O8P/c1-3-5-7-9-11-13-15-17-19-21-23-24-26-28-30-32-34-36-38-43(45)50-40-42(41-51-53(47,48)49)52-44(46)39-37-35-33-31-29-27-25-22-20-18-16-14-12-10-8-6-4-2/h8,10,14,16,20,22,27,29,42H,3-7,9,11-13,15,17-19,21,23-26,28,30-41H2,1-2H3,(H2,47,48,49)/b10-8+,16-14+,22-20+,29-27+/t42-/m1/s1. The molecule has 0 aromatic rings. The average Bonchev–Trinajstić information content (AvgIpc) is 3.13. The number of esters is 2. The highest BCUT2D eigenvalue weighted by atomic mass is 31.2. The van der Waals surface area contributed by atoms with Gasteiger partial charge in [-0.15, -0.1) is 0 Å². The lowest BCUT2D eigenvalue weighted by Crippen LogP contribution is -2.29. The van der Waals surface area contributed by atoms with Crippen LogP contribution in [0.15, 0.2) is 48.6 Å². The van der Waals surface area contributed by atoms with E-state index in [1.54, 1.807) is 0 Å². The summed E-state index contributed by atoms with van der Waals surface area (Å²) >= 11 is 0. The lowest BCUT2D eigenvalue weighted by Gasteiger charge is -2.18. The number of phosphoric acid groups is 1. The Balaban J connectivity index is 3.95. The Morgan fingerprint density at radius 3 is 1.34 bits per heavy atom. The minimum atomic E-state index is -4.76. The number of carbonyl (C=O) groups is 2. The van der Waals surface area contributed by atoms with Crippen LogP contribution >= 0.6 is 7.82 Å². The molecule has 0 aliphatic rings. The highest BCUT2D eigenvalue weighted by Crippen LogP contribution is 2.36. The number of hydrogen-bond acceptors (Lipinski definition) is 6. The Kier molecular flexibility index (Phi) is 38.2. The Morgan fingerprint density at radius 1 is 0.491 bits per heavy atom. The Hall–Kier alpha value is -1.99. The second-order valence-electron chi connectivity index (χ2n) is 14.3. The zero-order valence-electron chi connectivity index (χ0n) is 33.9. The first-order chi connectivity index (χ1) is 25.8. The van der Waals surface area contributed by atoms with Crippen molar-refractivity contribution in [2.75, 3.05) is 13.2 Å². The molecule has 0 aliphatic carbocycles. The molecule has 0 aliphatic heterocycles. The summed E-state index contributed by atoms with van der Waals surface area (Å²) < 4.78 is 26.4. The predicted molar refractivity (Wildman–Crippen MR) is 221 cm³/mol. The molecular formula is C44H79O8P. The summed E-state index contributed by atoms with van der Waals surface area (Å²) in [5.41, 5.74) is 0. The largest absolute Gasteiger partial charge is 0.469 e. The van der Waals surface area contributed by atoms with Crippen molar-refractivity contribution in [3.8, 4) is 0 Å². The minimum absolute atomic E-state index is 0.175. The van der Waals surface area contributed by atoms with E-state index < -0.39 is 32.5 Å². The van der Waals surface area contributed by atoms with Gasteiger partial charge in [-0.3, -0.25) is 14.1 Å². The molecule has 8 nitrogen and oxygen atoms in total. The van der Waals surface area contributed by atoms with Crippen LogP contribution in [0.4, 0.5) is 0 Å². The number of allylic oxidation sites excluding steroid dienone is 8. The van der Waals surface area contributed by atoms with Crippen molar-refractivity contribution >= 4 is 19.8 Å². The first-order valence-electron chi connectivity index (χ1n) is 21.4. The molecule has 0 radical (unpaired) electrons. The monoisotopic (exact) mass is 767 g/mol. The van der Waals surface area contributed by atoms with Gasteiger partial charge in [-0.1, -0.05) is 184 Å². The second kappa shape index (κ2) is 39.7. The molecule has 0 spiro atoms. The van der Waals surface area contributed by atoms with Crippen molar-refractivity contribution in [2.24, 2.45) is 0 Å². The number of carbonyl (C=O) groups excluding carboxylic acids is 2. The number of ether oxygens (including phenoxy) is 2. The van der Waals surface area contributed by atoms with Gasteiger partial charge in [-0.05, 0) is 51.4 Å². The Bertz CT molecular complexity index is 999. The maximum absolute atomic E-state index is 12.4. The van der Waals surface area contributed by atoms with Gasteiger partial charge >= 0.3 is 19.8 Å². The Morgan fingerprint density at radius 2 is 0.887 bits per heavy atom. The molecule has 0 rings (SSSR count). The molecule has 0 saturated carbocycles. The number of unbranched alkanes of at least 4 members (excludes halogenated alkanes) is 21. The molecule has 2 N–H and O–H groups in total. The topological polar surface area (TPSA) is 119 Å². The minimum Gasteiger partial charge on any atom is -0.462 e. The van der Waals surface area contributed by atoms with Crippen molar-refractivity contribution in [1.82, 2.24) is 0 Å². The van der Waals surface area contributed by atoms with Crippen LogP contribution in [-0.2, 0) is 28.2 Å². The smallest absolute Gasteiger partial charge is 0.462 e. The van der Waals surface area contributed by atoms with Gasteiger partial charge < -0.3 is 19.3 Å². The summed E-state index contributed by atoms with van der Waals surface area (Å²) in [6.45, 7) is 3.60. The van der Waals surface area contributed by atoms with Crippen LogP contribution < -0.4 is 0 Å². The van der Waals surface area contributed by atoms with E-state index >= 15 is 0 Å². The zero-order valence-corrected chi connectivity index (χ0v) is 34.8. The van der Waals surface area contributed by atoms with Gasteiger partial charge in [0.15, 0.2) is 6.10 Å². The van der Waals surface area contributed by atoms with Gasteiger partial charge in [0, 0.05) is 12.8 Å². The average molecular weight is 767 g/mol. The van der Waals surface area contributed by atoms with Gasteiger partial charge in [-0.25, -0.2) is 4.57 Å². The van der Waals surface area contributed by atoms with Crippen LogP contribution in [0, 0.1) is 0 Å². The first-order valence-corrected chi connectivity index (χ1v) is 23.0. The summed E-state index contributed by atoms with van der Waals surface area (Å²) in [7, 11) is -4.76. The van der Waals surface area contributed by atoms with Crippen LogP contribution in [0.25, 0.3) is 0 Å². The van der Waals surface area contributed by atoms with Crippen molar-refractivity contribution in [3.05, 3.63) is 48.6 Å². The molecule has 0 amide bonds. The van der Waals surface area contributed by atoms with E-state index in [2.05, 4.69) is 67.0 Å². The third-order valence-corrected chi connectivity index (χ3v) is 9.57. The molecule has 0 saturated heterocycles. The fourth-order valence-corrected chi connectivity index (χ4v) is 6.25. The molecule has 9 heteroatoms. The van der Waals surface area contributed by atoms with Gasteiger partial charge in [0.05, 0.1) is 6.61 Å². The van der Waals surface area contributed by atoms with Gasteiger partial charge in [0.1, 0.15) is 6.61 Å². The van der Waals surface area contributed by atoms with E-state index in [9.17, 15) is 14.2 Å². The number of hydrogen-bond donors (Lipinski definition) is 2. The van der Waals surface area contributed by atoms with E-state index in [1.165, 1.54) is 103 Å². The van der Waals surface area contributed by atoms with Crippen molar-refractivity contribution < 1.29 is 37.9 Å². The van der Waals surface area contributed by atoms with Crippen molar-refractivity contribution in [2.45, 2.75) is 206 Å². The quantitative estimate of drug-likeness (QED) is 0.0275. The summed E-state index contributed by atoms with van der Waals surface area (Å²) in [6.07, 6.45) is 48.3. The second-order valence-corrected chi connectivity index (χ2v) is 15.6. The summed E-state index contributed by atoms with van der Waals surface area (Å²) in [5.74, 6) is -0.916. The summed E-state index contributed by atoms with van der Waals surface area (Å²) in [5, 5.41) is 0. The molecule has 0 heterocycles. The van der Waals surface area contributed by atoms with E-state index in [-0.39, 0.29) is 19.4 Å². The fourth-order valence-electron chi connectivity index (χ4n) is 5.89. The highest BCUT2D eigenvalue weighted by Gasteiger charge is 2.22. The molecule has 0 unspecified atom stereocenters. The van der Waals surface area contributed by atoms with E-state index in [1.807, 2.05) is 0 Å². The summed E-state index contributed by atoms with van der Waals surface area (Å²) in [4.78, 5) is 42.9. The molecule has 1 atom stereocenters. The maximum Gasteiger partial charge on any atom is 0.469 e. The SMILES string of the molecule is CCC/C=C/C/C=C/C/C=C/C/C=C/CCCCCC(=O)O[C@H](COC(=O)CCCCCCCCCCCCCCCCCCCC)COP(=O)(O)O. The third-order valence-electron chi connectivity index (χ3n) is 9.08. The number of phosphoric ester groups is 1. The molecule has 308 valence electrons. The zero-order chi connectivity index (χ0) is 38.9. The van der Waals surface area contributed by atoms with Crippen LogP contribution in [0.5, 0.6) is 0 Å². The Labute approximate surface area is 324 Å². The highest BCUT2D eigenvalue weighted by molar-refractivity contribution is 7.46. The maximum atomic E-state index is 12.4. The van der Waals surface area contributed by atoms with Gasteiger partial charge in [-0.2, -0.15) is 0 Å². The third kappa shape index (κ3) is 42.6. The molecular weight excluding hydrogens is 687 g/mol. The van der Waals surface area contributed by atoms with E-state index in [0.717, 1.165) is 64.2 Å². The molecule has 53 heavy (non-hydrogen) atoms. The lowest BCUT2D eigenvalue weighted by atomic mass is 10.0. The molecule has 0 bridgehead atoms. The lowest BCUT2D eigenvalue weighted by molar-refractivity contribution is -0.161. The molecule has 0 aromatic heterocycles. The van der Waals surface area contributed by atoms with Crippen LogP contribution in [0.3, 0.4) is 0 Å². The molecule has 0 fully saturated rings. The normalized spacial score (nSPS) is 12.9. The van der Waals surface area contributed by atoms with E-state index in [4.69, 9.17) is 19.3 Å². The predicted octanol–water partition coefficient (Wildman–Crippen LogP) is 13.1. The van der Waals surface area contributed by atoms with Crippen LogP contribution in [-0.4, -0.2) is 41.0 Å². The van der Waals surface area contributed by atoms with Gasteiger partial charge in [0.2, 0.25) is 0 Å². The summed E-state index contributed by atoms with van der Waals surface area (Å²) in [6, 6.07) is 0. The van der Waals surface area contributed by atoms with Crippen LogP contribution in [0.1, 0.15) is 200 Å².